The van der Waals surface area contributed by atoms with E-state index < -0.39 is 12.1 Å². The van der Waals surface area contributed by atoms with Crippen LogP contribution in [0.2, 0.25) is 0 Å². The molecule has 146 valence electrons. The quantitative estimate of drug-likeness (QED) is 0.330. The summed E-state index contributed by atoms with van der Waals surface area (Å²) in [6.07, 6.45) is -0.794. The lowest BCUT2D eigenvalue weighted by atomic mass is 9.89. The van der Waals surface area contributed by atoms with Crippen LogP contribution in [-0.2, 0) is 14.3 Å². The first-order chi connectivity index (χ1) is 14.1. The summed E-state index contributed by atoms with van der Waals surface area (Å²) in [6.45, 7) is 1.34. The third-order valence-corrected chi connectivity index (χ3v) is 6.11. The summed E-state index contributed by atoms with van der Waals surface area (Å²) in [6, 6.07) is 29.4. The zero-order chi connectivity index (χ0) is 20.2. The monoisotopic (exact) mass is 403 g/mol. The van der Waals surface area contributed by atoms with Gasteiger partial charge in [-0.2, -0.15) is 0 Å². The van der Waals surface area contributed by atoms with E-state index in [-0.39, 0.29) is 17.3 Å². The molecule has 3 aromatic carbocycles. The average molecular weight is 404 g/mol. The molecule has 0 aromatic heterocycles. The van der Waals surface area contributed by atoms with Gasteiger partial charge in [0.05, 0.1) is 0 Å². The Morgan fingerprint density at radius 2 is 1.45 bits per heavy atom. The molecule has 1 heterocycles. The summed E-state index contributed by atoms with van der Waals surface area (Å²) in [7, 11) is 0. The minimum absolute atomic E-state index is 0.175. The van der Waals surface area contributed by atoms with Crippen LogP contribution in [0.25, 0.3) is 0 Å². The van der Waals surface area contributed by atoms with Crippen LogP contribution >= 0.6 is 11.8 Å². The van der Waals surface area contributed by atoms with Gasteiger partial charge >= 0.3 is 5.97 Å². The Morgan fingerprint density at radius 1 is 0.897 bits per heavy atom. The van der Waals surface area contributed by atoms with Crippen LogP contribution in [0, 0.1) is 0 Å². The largest absolute Gasteiger partial charge is 0.450 e. The molecule has 0 aliphatic carbocycles. The molecule has 3 aromatic rings. The second-order valence-electron chi connectivity index (χ2n) is 6.83. The number of likely N-dealkylation sites (tertiary alicyclic amines) is 1. The van der Waals surface area contributed by atoms with Gasteiger partial charge in [-0.15, -0.1) is 0 Å². The number of hydrogen-bond acceptors (Lipinski definition) is 4. The zero-order valence-corrected chi connectivity index (χ0v) is 16.8. The normalized spacial score (nSPS) is 19.3. The number of carbonyl (C=O) groups is 2. The highest BCUT2D eigenvalue weighted by Gasteiger charge is 2.53. The third-order valence-electron chi connectivity index (χ3n) is 4.85. The Bertz CT molecular complexity index is 979. The van der Waals surface area contributed by atoms with E-state index >= 15 is 0 Å². The summed E-state index contributed by atoms with van der Waals surface area (Å²) in [5.74, 6) is -0.623. The van der Waals surface area contributed by atoms with E-state index in [1.54, 1.807) is 11.8 Å². The maximum absolute atomic E-state index is 13.1. The van der Waals surface area contributed by atoms with E-state index in [0.717, 1.165) is 16.0 Å². The number of ether oxygens (including phenoxy) is 1. The summed E-state index contributed by atoms with van der Waals surface area (Å²) >= 11 is 1.61. The topological polar surface area (TPSA) is 46.6 Å². The Balaban J connectivity index is 1.73. The lowest BCUT2D eigenvalue weighted by Crippen LogP contribution is -2.60. The molecule has 0 bridgehead atoms. The number of thioether (sulfide) groups is 1. The fraction of sp³-hybridized carbons (Fsp3) is 0.167. The maximum atomic E-state index is 13.1. The van der Waals surface area contributed by atoms with Crippen molar-refractivity contribution in [3.8, 4) is 0 Å². The van der Waals surface area contributed by atoms with Gasteiger partial charge in [-0.05, 0) is 23.3 Å². The van der Waals surface area contributed by atoms with Gasteiger partial charge in [0.15, 0.2) is 0 Å². The van der Waals surface area contributed by atoms with Gasteiger partial charge in [-0.3, -0.25) is 9.59 Å². The molecule has 4 rings (SSSR count). The van der Waals surface area contributed by atoms with Crippen molar-refractivity contribution in [2.24, 2.45) is 0 Å². The highest BCUT2D eigenvalue weighted by Crippen LogP contribution is 2.49. The molecule has 3 atom stereocenters. The van der Waals surface area contributed by atoms with Gasteiger partial charge < -0.3 is 9.64 Å². The highest BCUT2D eigenvalue weighted by atomic mass is 32.2. The second-order valence-corrected chi connectivity index (χ2v) is 7.98. The summed E-state index contributed by atoms with van der Waals surface area (Å²) in [5.41, 5.74) is 1.98. The lowest BCUT2D eigenvalue weighted by Gasteiger charge is -2.50. The van der Waals surface area contributed by atoms with Gasteiger partial charge in [0.25, 0.3) is 5.91 Å². The molecule has 0 radical (unpaired) electrons. The molecule has 0 saturated carbocycles. The van der Waals surface area contributed by atoms with Gasteiger partial charge in [-0.1, -0.05) is 90.6 Å². The van der Waals surface area contributed by atoms with E-state index in [0.29, 0.717) is 0 Å². The minimum Gasteiger partial charge on any atom is -0.450 e. The van der Waals surface area contributed by atoms with Gasteiger partial charge in [0.1, 0.15) is 11.4 Å². The number of nitrogens with zero attached hydrogens (tertiary/aromatic N) is 1. The number of β-lactam (4-membered cyclic amide) rings is 1. The predicted molar refractivity (Wildman–Crippen MR) is 113 cm³/mol. The van der Waals surface area contributed by atoms with E-state index in [4.69, 9.17) is 4.74 Å². The molecule has 5 heteroatoms. The molecule has 1 amide bonds. The van der Waals surface area contributed by atoms with Crippen LogP contribution < -0.4 is 0 Å². The Labute approximate surface area is 174 Å². The zero-order valence-electron chi connectivity index (χ0n) is 16.0. The Kier molecular flexibility index (Phi) is 5.67. The van der Waals surface area contributed by atoms with Crippen LogP contribution in [0.1, 0.15) is 29.5 Å². The van der Waals surface area contributed by atoms with Gasteiger partial charge in [-0.25, -0.2) is 0 Å². The molecular weight excluding hydrogens is 382 g/mol. The fourth-order valence-electron chi connectivity index (χ4n) is 3.55. The highest BCUT2D eigenvalue weighted by molar-refractivity contribution is 7.99. The molecule has 1 saturated heterocycles. The average Bonchev–Trinajstić information content (AvgIpc) is 2.76. The first kappa shape index (κ1) is 19.3. The second kappa shape index (κ2) is 8.53. The number of carbonyl (C=O) groups excluding carboxylic acids is 2. The predicted octanol–water partition coefficient (Wildman–Crippen LogP) is 4.99. The number of rotatable bonds is 6. The number of hydrogen-bond donors (Lipinski definition) is 0. The van der Waals surface area contributed by atoms with Crippen LogP contribution in [0.3, 0.4) is 0 Å². The SMILES string of the molecule is CC(=O)O[C@@H]1C(=O)N([C@H](Sc2ccccc2)c2ccccc2)[C@@H]1c1ccccc1. The molecule has 1 aliphatic rings. The summed E-state index contributed by atoms with van der Waals surface area (Å²) < 4.78 is 5.39. The molecular formula is C24H21NO3S. The molecule has 4 nitrogen and oxygen atoms in total. The fourth-order valence-corrected chi connectivity index (χ4v) is 4.77. The van der Waals surface area contributed by atoms with Crippen molar-refractivity contribution in [3.05, 3.63) is 102 Å². The number of benzene rings is 3. The first-order valence-corrected chi connectivity index (χ1v) is 10.3. The molecule has 0 N–H and O–H groups in total. The van der Waals surface area contributed by atoms with E-state index in [9.17, 15) is 9.59 Å². The molecule has 1 aliphatic heterocycles. The van der Waals surface area contributed by atoms with Gasteiger partial charge in [0, 0.05) is 11.8 Å². The number of amides is 1. The van der Waals surface area contributed by atoms with Gasteiger partial charge in [0.2, 0.25) is 6.10 Å². The lowest BCUT2D eigenvalue weighted by molar-refractivity contribution is -0.184. The van der Waals surface area contributed by atoms with Crippen molar-refractivity contribution in [1.82, 2.24) is 4.90 Å². The van der Waals surface area contributed by atoms with Crippen molar-refractivity contribution in [2.45, 2.75) is 29.3 Å². The standard InChI is InChI=1S/C24H21NO3S/c1-17(26)28-22-21(18-11-5-2-6-12-18)25(23(22)27)24(19-13-7-3-8-14-19)29-20-15-9-4-10-16-20/h2-16,21-22,24H,1H3/t21-,22+,24-/m1/s1. The van der Waals surface area contributed by atoms with Crippen molar-refractivity contribution in [3.63, 3.8) is 0 Å². The van der Waals surface area contributed by atoms with E-state index in [2.05, 4.69) is 0 Å². The molecule has 0 unspecified atom stereocenters. The molecule has 0 spiro atoms. The molecule has 29 heavy (non-hydrogen) atoms. The Morgan fingerprint density at radius 3 is 2.03 bits per heavy atom. The first-order valence-electron chi connectivity index (χ1n) is 9.46. The van der Waals surface area contributed by atoms with Crippen molar-refractivity contribution < 1.29 is 14.3 Å². The smallest absolute Gasteiger partial charge is 0.303 e. The van der Waals surface area contributed by atoms with Crippen molar-refractivity contribution in [1.29, 1.82) is 0 Å². The van der Waals surface area contributed by atoms with Crippen LogP contribution in [0.5, 0.6) is 0 Å². The van der Waals surface area contributed by atoms with E-state index in [1.807, 2.05) is 95.9 Å². The van der Waals surface area contributed by atoms with E-state index in [1.165, 1.54) is 6.92 Å². The molecule has 1 fully saturated rings. The van der Waals surface area contributed by atoms with Crippen molar-refractivity contribution in [2.75, 3.05) is 0 Å². The minimum atomic E-state index is -0.794. The Hall–Kier alpha value is -3.05. The number of esters is 1. The van der Waals surface area contributed by atoms with Crippen LogP contribution in [-0.4, -0.2) is 22.9 Å². The van der Waals surface area contributed by atoms with Crippen LogP contribution in [0.15, 0.2) is 95.9 Å². The van der Waals surface area contributed by atoms with Crippen molar-refractivity contribution >= 4 is 23.6 Å². The third kappa shape index (κ3) is 4.05. The van der Waals surface area contributed by atoms with Crippen LogP contribution in [0.4, 0.5) is 0 Å². The maximum Gasteiger partial charge on any atom is 0.303 e. The summed E-state index contributed by atoms with van der Waals surface area (Å²) in [5, 5.41) is -0.233. The summed E-state index contributed by atoms with van der Waals surface area (Å²) in [4.78, 5) is 27.6.